The summed E-state index contributed by atoms with van der Waals surface area (Å²) in [7, 11) is 1.28. The molecule has 0 radical (unpaired) electrons. The van der Waals surface area contributed by atoms with Gasteiger partial charge in [-0.15, -0.1) is 11.3 Å². The van der Waals surface area contributed by atoms with Crippen LogP contribution >= 0.6 is 11.3 Å². The Morgan fingerprint density at radius 1 is 1.03 bits per heavy atom. The number of methoxy groups -OCH3 is 1. The summed E-state index contributed by atoms with van der Waals surface area (Å²) in [6.45, 7) is 1.85. The van der Waals surface area contributed by atoms with Gasteiger partial charge in [0.1, 0.15) is 6.04 Å². The van der Waals surface area contributed by atoms with E-state index in [1.807, 2.05) is 37.3 Å². The summed E-state index contributed by atoms with van der Waals surface area (Å²) < 4.78 is 4.69. The van der Waals surface area contributed by atoms with Crippen LogP contribution in [0.4, 0.5) is 5.69 Å². The van der Waals surface area contributed by atoms with Crippen LogP contribution in [-0.4, -0.2) is 41.7 Å². The minimum atomic E-state index is -0.942. The van der Waals surface area contributed by atoms with Crippen LogP contribution in [0.25, 0.3) is 0 Å². The Morgan fingerprint density at radius 3 is 2.33 bits per heavy atom. The van der Waals surface area contributed by atoms with Crippen LogP contribution in [0.15, 0.2) is 72.1 Å². The number of nitrogens with zero attached hydrogens (tertiary/aromatic N) is 2. The van der Waals surface area contributed by atoms with Gasteiger partial charge in [-0.3, -0.25) is 14.4 Å². The van der Waals surface area contributed by atoms with E-state index in [1.165, 1.54) is 47.6 Å². The van der Waals surface area contributed by atoms with Crippen molar-refractivity contribution in [2.24, 2.45) is 0 Å². The zero-order chi connectivity index (χ0) is 23.5. The van der Waals surface area contributed by atoms with Crippen LogP contribution in [0.3, 0.4) is 0 Å². The molecule has 7 nitrogen and oxygen atoms in total. The van der Waals surface area contributed by atoms with Crippen LogP contribution in [0.2, 0.25) is 0 Å². The monoisotopic (exact) mass is 462 g/mol. The summed E-state index contributed by atoms with van der Waals surface area (Å²) in [6, 6.07) is 17.6. The van der Waals surface area contributed by atoms with Gasteiger partial charge in [0.05, 0.1) is 35.7 Å². The number of thiophene rings is 1. The summed E-state index contributed by atoms with van der Waals surface area (Å²) in [4.78, 5) is 54.6. The van der Waals surface area contributed by atoms with E-state index in [2.05, 4.69) is 0 Å². The van der Waals surface area contributed by atoms with E-state index in [1.54, 1.807) is 17.5 Å². The molecular weight excluding hydrogens is 440 g/mol. The van der Waals surface area contributed by atoms with E-state index < -0.39 is 29.9 Å². The number of esters is 1. The summed E-state index contributed by atoms with van der Waals surface area (Å²) >= 11 is 1.29. The van der Waals surface area contributed by atoms with Gasteiger partial charge in [-0.05, 0) is 48.2 Å². The second kappa shape index (κ2) is 9.38. The SMILES string of the molecule is COC(=O)c1ccc(N2C(=O)CC(N(C(=O)c3cccs3)C(C)c3ccccc3)C2=O)cc1. The van der Waals surface area contributed by atoms with Crippen molar-refractivity contribution < 1.29 is 23.9 Å². The lowest BCUT2D eigenvalue weighted by Crippen LogP contribution is -2.46. The molecule has 0 aliphatic carbocycles. The fourth-order valence-corrected chi connectivity index (χ4v) is 4.64. The average Bonchev–Trinajstić information content (AvgIpc) is 3.48. The molecule has 3 aromatic rings. The number of ether oxygens (including phenoxy) is 1. The molecule has 1 fully saturated rings. The molecular formula is C25H22N2O5S. The molecule has 168 valence electrons. The minimum absolute atomic E-state index is 0.119. The number of imide groups is 1. The number of hydrogen-bond donors (Lipinski definition) is 0. The van der Waals surface area contributed by atoms with Crippen molar-refractivity contribution >= 4 is 40.7 Å². The van der Waals surface area contributed by atoms with Crippen LogP contribution in [0.5, 0.6) is 0 Å². The third kappa shape index (κ3) is 4.29. The maximum atomic E-state index is 13.5. The van der Waals surface area contributed by atoms with E-state index in [0.717, 1.165) is 10.5 Å². The molecule has 3 amide bonds. The van der Waals surface area contributed by atoms with Gasteiger partial charge in [0.2, 0.25) is 5.91 Å². The van der Waals surface area contributed by atoms with Gasteiger partial charge in [0, 0.05) is 0 Å². The quantitative estimate of drug-likeness (QED) is 0.407. The van der Waals surface area contributed by atoms with Gasteiger partial charge >= 0.3 is 5.97 Å². The molecule has 1 aliphatic rings. The lowest BCUT2D eigenvalue weighted by atomic mass is 10.0. The third-order valence-corrected chi connectivity index (χ3v) is 6.53. The maximum absolute atomic E-state index is 13.5. The molecule has 2 unspecified atom stereocenters. The highest BCUT2D eigenvalue weighted by molar-refractivity contribution is 7.12. The molecule has 0 N–H and O–H groups in total. The Bertz CT molecular complexity index is 1180. The smallest absolute Gasteiger partial charge is 0.337 e. The zero-order valence-electron chi connectivity index (χ0n) is 18.1. The standard InChI is InChI=1S/C25H22N2O5S/c1-16(17-7-4-3-5-8-17)26(24(30)21-9-6-14-33-21)20-15-22(28)27(23(20)29)19-12-10-18(11-13-19)25(31)32-2/h3-14,16,20H,15H2,1-2H3. The summed E-state index contributed by atoms with van der Waals surface area (Å²) in [5.41, 5.74) is 1.52. The molecule has 2 aromatic carbocycles. The molecule has 0 bridgehead atoms. The Kier molecular flexibility index (Phi) is 6.37. The number of benzene rings is 2. The normalized spacial score (nSPS) is 16.5. The molecule has 33 heavy (non-hydrogen) atoms. The first-order chi connectivity index (χ1) is 15.9. The Labute approximate surface area is 195 Å². The van der Waals surface area contributed by atoms with Crippen molar-refractivity contribution in [1.82, 2.24) is 4.90 Å². The molecule has 4 rings (SSSR count). The van der Waals surface area contributed by atoms with Gasteiger partial charge in [0.15, 0.2) is 0 Å². The third-order valence-electron chi connectivity index (χ3n) is 5.67. The molecule has 8 heteroatoms. The van der Waals surface area contributed by atoms with Crippen molar-refractivity contribution in [2.75, 3.05) is 12.0 Å². The van der Waals surface area contributed by atoms with Gasteiger partial charge in [-0.1, -0.05) is 36.4 Å². The largest absolute Gasteiger partial charge is 0.465 e. The molecule has 0 saturated carbocycles. The van der Waals surface area contributed by atoms with Gasteiger partial charge in [0.25, 0.3) is 11.8 Å². The fourth-order valence-electron chi connectivity index (χ4n) is 3.98. The van der Waals surface area contributed by atoms with Crippen molar-refractivity contribution in [1.29, 1.82) is 0 Å². The van der Waals surface area contributed by atoms with Crippen molar-refractivity contribution in [3.8, 4) is 0 Å². The van der Waals surface area contributed by atoms with Crippen molar-refractivity contribution in [2.45, 2.75) is 25.4 Å². The van der Waals surface area contributed by atoms with Crippen LogP contribution in [0.1, 0.15) is 45.0 Å². The first-order valence-electron chi connectivity index (χ1n) is 10.4. The number of rotatable bonds is 6. The molecule has 2 atom stereocenters. The van der Waals surface area contributed by atoms with E-state index in [-0.39, 0.29) is 12.3 Å². The average molecular weight is 463 g/mol. The Hall–Kier alpha value is -3.78. The molecule has 1 aromatic heterocycles. The number of carbonyl (C=O) groups excluding carboxylic acids is 4. The van der Waals surface area contributed by atoms with Crippen molar-refractivity contribution in [3.63, 3.8) is 0 Å². The molecule has 0 spiro atoms. The van der Waals surface area contributed by atoms with Crippen LogP contribution in [-0.2, 0) is 14.3 Å². The Balaban J connectivity index is 1.68. The zero-order valence-corrected chi connectivity index (χ0v) is 19.0. The van der Waals surface area contributed by atoms with Crippen molar-refractivity contribution in [3.05, 3.63) is 88.1 Å². The van der Waals surface area contributed by atoms with E-state index in [4.69, 9.17) is 4.74 Å². The number of amides is 3. The van der Waals surface area contributed by atoms with Gasteiger partial charge in [-0.25, -0.2) is 9.69 Å². The first-order valence-corrected chi connectivity index (χ1v) is 11.3. The Morgan fingerprint density at radius 2 is 1.73 bits per heavy atom. The van der Waals surface area contributed by atoms with Gasteiger partial charge < -0.3 is 9.64 Å². The number of hydrogen-bond acceptors (Lipinski definition) is 6. The minimum Gasteiger partial charge on any atom is -0.465 e. The maximum Gasteiger partial charge on any atom is 0.337 e. The van der Waals surface area contributed by atoms with E-state index in [0.29, 0.717) is 16.1 Å². The van der Waals surface area contributed by atoms with E-state index in [9.17, 15) is 19.2 Å². The molecule has 2 heterocycles. The summed E-state index contributed by atoms with van der Waals surface area (Å²) in [5, 5.41) is 1.80. The molecule has 1 aliphatic heterocycles. The number of anilines is 1. The highest BCUT2D eigenvalue weighted by Crippen LogP contribution is 2.33. The summed E-state index contributed by atoms with van der Waals surface area (Å²) in [5.74, 6) is -1.68. The predicted octanol–water partition coefficient (Wildman–Crippen LogP) is 4.07. The first kappa shape index (κ1) is 22.4. The second-order valence-electron chi connectivity index (χ2n) is 7.60. The van der Waals surface area contributed by atoms with E-state index >= 15 is 0 Å². The second-order valence-corrected chi connectivity index (χ2v) is 8.55. The summed E-state index contributed by atoms with van der Waals surface area (Å²) in [6.07, 6.45) is -0.119. The lowest BCUT2D eigenvalue weighted by molar-refractivity contribution is -0.122. The highest BCUT2D eigenvalue weighted by atomic mass is 32.1. The lowest BCUT2D eigenvalue weighted by Gasteiger charge is -2.33. The highest BCUT2D eigenvalue weighted by Gasteiger charge is 2.46. The van der Waals surface area contributed by atoms with Crippen LogP contribution < -0.4 is 4.90 Å². The molecule has 1 saturated heterocycles. The van der Waals surface area contributed by atoms with Gasteiger partial charge in [-0.2, -0.15) is 0 Å². The topological polar surface area (TPSA) is 84.0 Å². The fraction of sp³-hybridized carbons (Fsp3) is 0.200. The number of carbonyl (C=O) groups is 4. The van der Waals surface area contributed by atoms with Crippen LogP contribution in [0, 0.1) is 0 Å². The predicted molar refractivity (Wildman–Crippen MR) is 124 cm³/mol.